The van der Waals surface area contributed by atoms with Gasteiger partial charge in [0.05, 0.1) is 13.7 Å². The lowest BCUT2D eigenvalue weighted by molar-refractivity contribution is -0.127. The van der Waals surface area contributed by atoms with Crippen LogP contribution in [-0.2, 0) is 22.5 Å². The first-order valence-corrected chi connectivity index (χ1v) is 9.41. The Bertz CT molecular complexity index is 779. The van der Waals surface area contributed by atoms with Gasteiger partial charge >= 0.3 is 0 Å². The molecule has 2 aromatic rings. The Morgan fingerprint density at radius 3 is 3.00 bits per heavy atom. The zero-order valence-electron chi connectivity index (χ0n) is 15.3. The van der Waals surface area contributed by atoms with Gasteiger partial charge in [-0.05, 0) is 25.3 Å². The first-order chi connectivity index (χ1) is 12.8. The third-order valence-corrected chi connectivity index (χ3v) is 5.45. The van der Waals surface area contributed by atoms with Crippen LogP contribution >= 0.6 is 0 Å². The van der Waals surface area contributed by atoms with Gasteiger partial charge in [0.25, 0.3) is 0 Å². The van der Waals surface area contributed by atoms with Gasteiger partial charge in [-0.2, -0.15) is 0 Å². The van der Waals surface area contributed by atoms with Gasteiger partial charge in [0.1, 0.15) is 5.76 Å². The molecule has 1 amide bonds. The average molecular weight is 358 g/mol. The van der Waals surface area contributed by atoms with Crippen LogP contribution < -0.4 is 10.1 Å². The number of methoxy groups -OCH3 is 1. The van der Waals surface area contributed by atoms with E-state index in [9.17, 15) is 4.79 Å². The molecule has 1 N–H and O–H groups in total. The molecule has 3 heterocycles. The van der Waals surface area contributed by atoms with Crippen molar-refractivity contribution in [1.82, 2.24) is 10.2 Å². The molecule has 2 aliphatic heterocycles. The van der Waals surface area contributed by atoms with Crippen molar-refractivity contribution in [3.8, 4) is 5.75 Å². The van der Waals surface area contributed by atoms with Gasteiger partial charge in [0, 0.05) is 49.7 Å². The fraction of sp³-hybridized carbons (Fsp3) is 0.550. The number of furan rings is 1. The molecule has 0 atom stereocenters. The maximum atomic E-state index is 12.2. The second-order valence-corrected chi connectivity index (χ2v) is 7.04. The molecule has 6 heteroatoms. The average Bonchev–Trinajstić information content (AvgIpc) is 3.06. The lowest BCUT2D eigenvalue weighted by Crippen LogP contribution is -2.40. The smallest absolute Gasteiger partial charge is 0.223 e. The van der Waals surface area contributed by atoms with E-state index in [2.05, 4.69) is 16.3 Å². The highest BCUT2D eigenvalue weighted by Gasteiger charge is 2.25. The van der Waals surface area contributed by atoms with Gasteiger partial charge in [0.2, 0.25) is 5.91 Å². The van der Waals surface area contributed by atoms with E-state index in [0.29, 0.717) is 19.8 Å². The lowest BCUT2D eigenvalue weighted by atomic mass is 9.99. The highest BCUT2D eigenvalue weighted by atomic mass is 16.5. The van der Waals surface area contributed by atoms with E-state index >= 15 is 0 Å². The summed E-state index contributed by atoms with van der Waals surface area (Å²) in [6.45, 7) is 4.66. The van der Waals surface area contributed by atoms with Gasteiger partial charge in [-0.1, -0.05) is 12.1 Å². The number of fused-ring (bicyclic) bond motifs is 3. The van der Waals surface area contributed by atoms with Crippen LogP contribution in [0.5, 0.6) is 5.75 Å². The molecule has 1 fully saturated rings. The summed E-state index contributed by atoms with van der Waals surface area (Å²) >= 11 is 0. The SMILES string of the molecule is COc1cccc2c3c(oc12)CN(CCNC(=O)C1CCOCC1)CC3. The predicted molar refractivity (Wildman–Crippen MR) is 98.3 cm³/mol. The van der Waals surface area contributed by atoms with Crippen molar-refractivity contribution >= 4 is 16.9 Å². The number of nitrogens with one attached hydrogen (secondary N) is 1. The van der Waals surface area contributed by atoms with Crippen LogP contribution in [0.25, 0.3) is 11.0 Å². The molecule has 2 aliphatic rings. The molecule has 0 radical (unpaired) electrons. The summed E-state index contributed by atoms with van der Waals surface area (Å²) in [6.07, 6.45) is 2.63. The zero-order chi connectivity index (χ0) is 17.9. The second kappa shape index (κ2) is 7.68. The maximum absolute atomic E-state index is 12.2. The minimum Gasteiger partial charge on any atom is -0.493 e. The molecule has 6 nitrogen and oxygen atoms in total. The largest absolute Gasteiger partial charge is 0.493 e. The number of benzene rings is 1. The zero-order valence-corrected chi connectivity index (χ0v) is 15.3. The molecule has 4 rings (SSSR count). The third-order valence-electron chi connectivity index (χ3n) is 5.45. The summed E-state index contributed by atoms with van der Waals surface area (Å²) in [5.41, 5.74) is 2.14. The normalized spacial score (nSPS) is 18.7. The second-order valence-electron chi connectivity index (χ2n) is 7.04. The van der Waals surface area contributed by atoms with Crippen LogP contribution in [0.2, 0.25) is 0 Å². The van der Waals surface area contributed by atoms with Crippen molar-refractivity contribution in [2.24, 2.45) is 5.92 Å². The fourth-order valence-corrected chi connectivity index (χ4v) is 3.94. The number of amides is 1. The van der Waals surface area contributed by atoms with Crippen LogP contribution in [0.1, 0.15) is 24.2 Å². The quantitative estimate of drug-likeness (QED) is 0.889. The molecule has 1 saturated heterocycles. The summed E-state index contributed by atoms with van der Waals surface area (Å²) in [5.74, 6) is 2.08. The molecular formula is C20H26N2O4. The number of carbonyl (C=O) groups is 1. The maximum Gasteiger partial charge on any atom is 0.223 e. The van der Waals surface area contributed by atoms with Gasteiger partial charge in [0.15, 0.2) is 11.3 Å². The molecule has 0 saturated carbocycles. The number of rotatable bonds is 5. The Kier molecular flexibility index (Phi) is 5.13. The molecule has 0 spiro atoms. The van der Waals surface area contributed by atoms with Gasteiger partial charge in [-0.15, -0.1) is 0 Å². The molecule has 0 aliphatic carbocycles. The lowest BCUT2D eigenvalue weighted by Gasteiger charge is -2.26. The molecule has 0 unspecified atom stereocenters. The molecule has 0 bridgehead atoms. The topological polar surface area (TPSA) is 63.9 Å². The Morgan fingerprint density at radius 1 is 1.35 bits per heavy atom. The van der Waals surface area contributed by atoms with Crippen LogP contribution in [0.4, 0.5) is 0 Å². The standard InChI is InChI=1S/C20H26N2O4/c1-24-17-4-2-3-16-15-5-9-22(13-18(15)26-19(16)17)10-8-21-20(23)14-6-11-25-12-7-14/h2-4,14H,5-13H2,1H3,(H,21,23). The number of carbonyl (C=O) groups excluding carboxylic acids is 1. The van der Waals surface area contributed by atoms with E-state index in [0.717, 1.165) is 61.4 Å². The molecule has 26 heavy (non-hydrogen) atoms. The minimum atomic E-state index is 0.111. The summed E-state index contributed by atoms with van der Waals surface area (Å²) < 4.78 is 16.8. The van der Waals surface area contributed by atoms with Gasteiger partial charge in [-0.25, -0.2) is 0 Å². The number of nitrogens with zero attached hydrogens (tertiary/aromatic N) is 1. The van der Waals surface area contributed by atoms with E-state index in [1.165, 1.54) is 5.56 Å². The first kappa shape index (κ1) is 17.4. The summed E-state index contributed by atoms with van der Waals surface area (Å²) in [4.78, 5) is 14.5. The fourth-order valence-electron chi connectivity index (χ4n) is 3.94. The Labute approximate surface area is 153 Å². The van der Waals surface area contributed by atoms with Crippen molar-refractivity contribution in [2.45, 2.75) is 25.8 Å². The first-order valence-electron chi connectivity index (χ1n) is 9.41. The molecular weight excluding hydrogens is 332 g/mol. The monoisotopic (exact) mass is 358 g/mol. The minimum absolute atomic E-state index is 0.111. The predicted octanol–water partition coefficient (Wildman–Crippen LogP) is 2.34. The Morgan fingerprint density at radius 2 is 2.19 bits per heavy atom. The highest BCUT2D eigenvalue weighted by Crippen LogP contribution is 2.35. The van der Waals surface area contributed by atoms with Crippen LogP contribution in [0.15, 0.2) is 22.6 Å². The van der Waals surface area contributed by atoms with Crippen molar-refractivity contribution < 1.29 is 18.7 Å². The Hall–Kier alpha value is -2.05. The highest BCUT2D eigenvalue weighted by molar-refractivity contribution is 5.87. The summed E-state index contributed by atoms with van der Waals surface area (Å²) in [7, 11) is 1.67. The molecule has 140 valence electrons. The van der Waals surface area contributed by atoms with Crippen molar-refractivity contribution in [3.63, 3.8) is 0 Å². The molecule has 1 aromatic carbocycles. The molecule has 1 aromatic heterocycles. The van der Waals surface area contributed by atoms with Crippen molar-refractivity contribution in [2.75, 3.05) is 40.0 Å². The van der Waals surface area contributed by atoms with E-state index in [4.69, 9.17) is 13.9 Å². The van der Waals surface area contributed by atoms with Crippen LogP contribution in [0.3, 0.4) is 0 Å². The van der Waals surface area contributed by atoms with Crippen molar-refractivity contribution in [3.05, 3.63) is 29.5 Å². The number of para-hydroxylation sites is 1. The van der Waals surface area contributed by atoms with E-state index in [1.807, 2.05) is 12.1 Å². The number of hydrogen-bond acceptors (Lipinski definition) is 5. The number of hydrogen-bond donors (Lipinski definition) is 1. The Balaban J connectivity index is 1.34. The van der Waals surface area contributed by atoms with Gasteiger partial charge < -0.3 is 19.2 Å². The van der Waals surface area contributed by atoms with E-state index < -0.39 is 0 Å². The van der Waals surface area contributed by atoms with Crippen molar-refractivity contribution in [1.29, 1.82) is 0 Å². The van der Waals surface area contributed by atoms with Crippen LogP contribution in [-0.4, -0.2) is 50.8 Å². The third kappa shape index (κ3) is 3.44. The van der Waals surface area contributed by atoms with E-state index in [-0.39, 0.29) is 11.8 Å². The van der Waals surface area contributed by atoms with Crippen LogP contribution in [0, 0.1) is 5.92 Å². The van der Waals surface area contributed by atoms with Gasteiger partial charge in [-0.3, -0.25) is 9.69 Å². The summed E-state index contributed by atoms with van der Waals surface area (Å²) in [5, 5.41) is 4.24. The number of ether oxygens (including phenoxy) is 2. The van der Waals surface area contributed by atoms with E-state index in [1.54, 1.807) is 7.11 Å². The summed E-state index contributed by atoms with van der Waals surface area (Å²) in [6, 6.07) is 6.04.